The number of methoxy groups -OCH3 is 1. The Kier molecular flexibility index (Phi) is 7.42. The first kappa shape index (κ1) is 16.8. The second kappa shape index (κ2) is 8.83. The lowest BCUT2D eigenvalue weighted by Crippen LogP contribution is -2.20. The Labute approximate surface area is 115 Å². The monoisotopic (exact) mass is 293 g/mol. The van der Waals surface area contributed by atoms with Crippen LogP contribution in [0.15, 0.2) is 12.3 Å². The number of nitrogens with zero attached hydrogens (tertiary/aromatic N) is 2. The molecule has 1 aromatic heterocycles. The molecule has 1 heterocycles. The third-order valence-corrected chi connectivity index (χ3v) is 2.29. The summed E-state index contributed by atoms with van der Waals surface area (Å²) in [6.45, 7) is 0.557. The fraction of sp³-hybridized carbons (Fsp3) is 0.667. The van der Waals surface area contributed by atoms with Crippen LogP contribution in [0.1, 0.15) is 11.5 Å². The van der Waals surface area contributed by atoms with Gasteiger partial charge in [-0.05, 0) is 6.07 Å². The minimum absolute atomic E-state index is 0.0555. The van der Waals surface area contributed by atoms with Gasteiger partial charge in [0, 0.05) is 32.8 Å². The van der Waals surface area contributed by atoms with Gasteiger partial charge in [0.2, 0.25) is 0 Å². The van der Waals surface area contributed by atoms with E-state index in [0.29, 0.717) is 25.5 Å². The molecule has 0 radical (unpaired) electrons. The van der Waals surface area contributed by atoms with Crippen LogP contribution in [0.25, 0.3) is 0 Å². The van der Waals surface area contributed by atoms with Gasteiger partial charge in [0.15, 0.2) is 0 Å². The van der Waals surface area contributed by atoms with Crippen molar-refractivity contribution < 1.29 is 22.6 Å². The average molecular weight is 293 g/mol. The lowest BCUT2D eigenvalue weighted by atomic mass is 10.3. The fourth-order valence-electron chi connectivity index (χ4n) is 1.40. The van der Waals surface area contributed by atoms with Gasteiger partial charge >= 0.3 is 6.18 Å². The summed E-state index contributed by atoms with van der Waals surface area (Å²) in [4.78, 5) is 8.22. The maximum atomic E-state index is 11.9. The van der Waals surface area contributed by atoms with Gasteiger partial charge in [-0.3, -0.25) is 0 Å². The Morgan fingerprint density at radius 1 is 1.30 bits per heavy atom. The summed E-state index contributed by atoms with van der Waals surface area (Å²) in [5.41, 5.74) is 0.780. The van der Waals surface area contributed by atoms with Gasteiger partial charge in [0.25, 0.3) is 0 Å². The number of hydrogen-bond donors (Lipinski definition) is 1. The van der Waals surface area contributed by atoms with Crippen LogP contribution in [-0.2, 0) is 22.4 Å². The quantitative estimate of drug-likeness (QED) is 0.696. The Bertz CT molecular complexity index is 388. The molecule has 0 unspecified atom stereocenters. The largest absolute Gasteiger partial charge is 0.411 e. The zero-order chi connectivity index (χ0) is 14.8. The highest BCUT2D eigenvalue weighted by molar-refractivity contribution is 5.02. The third kappa shape index (κ3) is 8.03. The highest BCUT2D eigenvalue weighted by Gasteiger charge is 2.27. The highest BCUT2D eigenvalue weighted by atomic mass is 19.4. The van der Waals surface area contributed by atoms with Crippen molar-refractivity contribution in [3.63, 3.8) is 0 Å². The lowest BCUT2D eigenvalue weighted by Gasteiger charge is -2.08. The molecule has 0 amide bonds. The van der Waals surface area contributed by atoms with Crippen LogP contribution in [0.4, 0.5) is 13.2 Å². The molecule has 0 bridgehead atoms. The second-order valence-corrected chi connectivity index (χ2v) is 4.05. The van der Waals surface area contributed by atoms with Crippen LogP contribution in [0.2, 0.25) is 0 Å². The minimum Gasteiger partial charge on any atom is -0.383 e. The molecule has 114 valence electrons. The molecule has 20 heavy (non-hydrogen) atoms. The predicted octanol–water partition coefficient (Wildman–Crippen LogP) is 1.33. The van der Waals surface area contributed by atoms with E-state index in [-0.39, 0.29) is 13.0 Å². The van der Waals surface area contributed by atoms with E-state index >= 15 is 0 Å². The molecule has 8 heteroatoms. The fourth-order valence-corrected chi connectivity index (χ4v) is 1.40. The van der Waals surface area contributed by atoms with E-state index in [9.17, 15) is 13.2 Å². The summed E-state index contributed by atoms with van der Waals surface area (Å²) >= 11 is 0. The van der Waals surface area contributed by atoms with Crippen molar-refractivity contribution in [2.24, 2.45) is 0 Å². The van der Waals surface area contributed by atoms with E-state index < -0.39 is 12.8 Å². The molecule has 0 spiro atoms. The number of hydrogen-bond acceptors (Lipinski definition) is 5. The number of halogens is 3. The molecular weight excluding hydrogens is 275 g/mol. The molecule has 0 aliphatic heterocycles. The smallest absolute Gasteiger partial charge is 0.383 e. The Morgan fingerprint density at radius 2 is 2.10 bits per heavy atom. The van der Waals surface area contributed by atoms with Crippen LogP contribution >= 0.6 is 0 Å². The van der Waals surface area contributed by atoms with Crippen LogP contribution < -0.4 is 5.32 Å². The van der Waals surface area contributed by atoms with Crippen LogP contribution in [0.3, 0.4) is 0 Å². The first-order valence-corrected chi connectivity index (χ1v) is 6.16. The summed E-state index contributed by atoms with van der Waals surface area (Å²) < 4.78 is 45.0. The Morgan fingerprint density at radius 3 is 2.80 bits per heavy atom. The van der Waals surface area contributed by atoms with E-state index in [1.165, 1.54) is 0 Å². The van der Waals surface area contributed by atoms with Crippen molar-refractivity contribution in [1.29, 1.82) is 0 Å². The van der Waals surface area contributed by atoms with E-state index in [1.807, 2.05) is 0 Å². The molecule has 5 nitrogen and oxygen atoms in total. The lowest BCUT2D eigenvalue weighted by molar-refractivity contribution is -0.173. The zero-order valence-corrected chi connectivity index (χ0v) is 11.2. The van der Waals surface area contributed by atoms with Crippen molar-refractivity contribution in [2.45, 2.75) is 19.1 Å². The summed E-state index contributed by atoms with van der Waals surface area (Å²) in [5, 5.41) is 3.12. The molecule has 0 aliphatic rings. The van der Waals surface area contributed by atoms with Crippen molar-refractivity contribution in [3.05, 3.63) is 23.8 Å². The molecule has 1 N–H and O–H groups in total. The van der Waals surface area contributed by atoms with Crippen LogP contribution in [0, 0.1) is 0 Å². The first-order valence-electron chi connectivity index (χ1n) is 6.16. The zero-order valence-electron chi connectivity index (χ0n) is 11.2. The van der Waals surface area contributed by atoms with E-state index in [4.69, 9.17) is 4.74 Å². The molecule has 0 saturated carbocycles. The molecule has 0 saturated heterocycles. The average Bonchev–Trinajstić information content (AvgIpc) is 2.39. The van der Waals surface area contributed by atoms with Gasteiger partial charge in [0.05, 0.1) is 18.9 Å². The molecule has 0 aromatic carbocycles. The molecular formula is C12H18F3N3O2. The number of alkyl halides is 3. The van der Waals surface area contributed by atoms with Gasteiger partial charge in [-0.25, -0.2) is 9.97 Å². The Hall–Kier alpha value is -1.25. The second-order valence-electron chi connectivity index (χ2n) is 4.05. The normalized spacial score (nSPS) is 11.8. The number of rotatable bonds is 9. The van der Waals surface area contributed by atoms with Gasteiger partial charge in [-0.15, -0.1) is 0 Å². The topological polar surface area (TPSA) is 56.3 Å². The summed E-state index contributed by atoms with van der Waals surface area (Å²) in [6, 6.07) is 1.75. The third-order valence-electron chi connectivity index (χ3n) is 2.29. The van der Waals surface area contributed by atoms with E-state index in [0.717, 1.165) is 5.69 Å². The minimum atomic E-state index is -4.30. The number of aromatic nitrogens is 2. The molecule has 0 fully saturated rings. The number of nitrogens with one attached hydrogen (secondary N) is 1. The van der Waals surface area contributed by atoms with Gasteiger partial charge in [-0.1, -0.05) is 0 Å². The van der Waals surface area contributed by atoms with Gasteiger partial charge < -0.3 is 14.8 Å². The number of ether oxygens (including phenoxy) is 2. The maximum absolute atomic E-state index is 11.9. The standard InChI is InChI=1S/C12H18F3N3O2/c1-19-7-5-16-8-10-2-4-17-11(18-10)3-6-20-9-12(13,14)15/h2,4,16H,3,5-9H2,1H3. The van der Waals surface area contributed by atoms with E-state index in [1.54, 1.807) is 19.4 Å². The molecule has 1 rings (SSSR count). The van der Waals surface area contributed by atoms with Crippen LogP contribution in [0.5, 0.6) is 0 Å². The summed E-state index contributed by atoms with van der Waals surface area (Å²) in [5.74, 6) is 0.471. The predicted molar refractivity (Wildman–Crippen MR) is 66.2 cm³/mol. The molecule has 0 atom stereocenters. The van der Waals surface area contributed by atoms with Gasteiger partial charge in [-0.2, -0.15) is 13.2 Å². The molecule has 1 aromatic rings. The Balaban J connectivity index is 2.28. The van der Waals surface area contributed by atoms with Crippen molar-refractivity contribution in [1.82, 2.24) is 15.3 Å². The summed E-state index contributed by atoms with van der Waals surface area (Å²) in [7, 11) is 1.62. The summed E-state index contributed by atoms with van der Waals surface area (Å²) in [6.07, 6.45) is -2.46. The molecule has 0 aliphatic carbocycles. The van der Waals surface area contributed by atoms with Crippen molar-refractivity contribution in [3.8, 4) is 0 Å². The van der Waals surface area contributed by atoms with Crippen LogP contribution in [-0.4, -0.2) is 49.6 Å². The van der Waals surface area contributed by atoms with Crippen molar-refractivity contribution >= 4 is 0 Å². The maximum Gasteiger partial charge on any atom is 0.411 e. The van der Waals surface area contributed by atoms with E-state index in [2.05, 4.69) is 20.0 Å². The first-order chi connectivity index (χ1) is 9.51. The van der Waals surface area contributed by atoms with Gasteiger partial charge in [0.1, 0.15) is 12.4 Å². The SMILES string of the molecule is COCCNCc1ccnc(CCOCC(F)(F)F)n1. The van der Waals surface area contributed by atoms with Crippen molar-refractivity contribution in [2.75, 3.05) is 33.5 Å². The highest BCUT2D eigenvalue weighted by Crippen LogP contribution is 2.14.